The molecule has 3 nitrogen and oxygen atoms in total. The van der Waals surface area contributed by atoms with Gasteiger partial charge in [0.15, 0.2) is 5.78 Å². The van der Waals surface area contributed by atoms with Gasteiger partial charge in [-0.2, -0.15) is 0 Å². The van der Waals surface area contributed by atoms with Crippen molar-refractivity contribution in [3.63, 3.8) is 0 Å². The summed E-state index contributed by atoms with van der Waals surface area (Å²) in [6, 6.07) is 23.7. The van der Waals surface area contributed by atoms with Crippen LogP contribution < -0.4 is 5.32 Å². The molecule has 0 aliphatic carbocycles. The van der Waals surface area contributed by atoms with Crippen molar-refractivity contribution in [1.29, 1.82) is 0 Å². The van der Waals surface area contributed by atoms with E-state index in [1.807, 2.05) is 54.6 Å². The Morgan fingerprint density at radius 2 is 1.77 bits per heavy atom. The normalized spacial score (nSPS) is 10.8. The van der Waals surface area contributed by atoms with E-state index < -0.39 is 0 Å². The Balaban J connectivity index is 1.47. The van der Waals surface area contributed by atoms with E-state index in [4.69, 9.17) is 4.98 Å². The molecule has 0 amide bonds. The van der Waals surface area contributed by atoms with Crippen LogP contribution in [0.5, 0.6) is 0 Å². The van der Waals surface area contributed by atoms with E-state index in [9.17, 15) is 4.79 Å². The molecule has 26 heavy (non-hydrogen) atoms. The van der Waals surface area contributed by atoms with Crippen LogP contribution in [-0.2, 0) is 0 Å². The van der Waals surface area contributed by atoms with E-state index in [2.05, 4.69) is 30.4 Å². The molecule has 1 aromatic heterocycles. The summed E-state index contributed by atoms with van der Waals surface area (Å²) in [6.45, 7) is 2.37. The Bertz CT molecular complexity index is 1050. The first-order valence-electron chi connectivity index (χ1n) is 8.49. The summed E-state index contributed by atoms with van der Waals surface area (Å²) in [7, 11) is 0. The SMILES string of the molecule is Cc1ccc2nc(-c3ccc(NCC(=O)c4ccccc4)cc3)sc2c1. The largest absolute Gasteiger partial charge is 0.378 e. The number of fused-ring (bicyclic) bond motifs is 1. The number of rotatable bonds is 5. The molecule has 4 rings (SSSR count). The minimum atomic E-state index is 0.0798. The Hall–Kier alpha value is -2.98. The van der Waals surface area contributed by atoms with Crippen LogP contribution in [0, 0.1) is 6.92 Å². The van der Waals surface area contributed by atoms with Crippen LogP contribution in [0.1, 0.15) is 15.9 Å². The summed E-state index contributed by atoms with van der Waals surface area (Å²) in [5.74, 6) is 0.0798. The molecule has 1 N–H and O–H groups in total. The summed E-state index contributed by atoms with van der Waals surface area (Å²) < 4.78 is 1.20. The van der Waals surface area contributed by atoms with E-state index in [0.717, 1.165) is 27.3 Å². The van der Waals surface area contributed by atoms with Crippen LogP contribution in [0.15, 0.2) is 72.8 Å². The second kappa shape index (κ2) is 7.10. The fourth-order valence-corrected chi connectivity index (χ4v) is 3.86. The lowest BCUT2D eigenvalue weighted by Crippen LogP contribution is -2.13. The average molecular weight is 358 g/mol. The fraction of sp³-hybridized carbons (Fsp3) is 0.0909. The lowest BCUT2D eigenvalue weighted by atomic mass is 10.1. The van der Waals surface area contributed by atoms with Gasteiger partial charge in [0, 0.05) is 16.8 Å². The van der Waals surface area contributed by atoms with Gasteiger partial charge in [-0.15, -0.1) is 11.3 Å². The second-order valence-corrected chi connectivity index (χ2v) is 7.24. The maximum atomic E-state index is 12.2. The minimum absolute atomic E-state index is 0.0798. The zero-order valence-corrected chi connectivity index (χ0v) is 15.2. The van der Waals surface area contributed by atoms with Crippen LogP contribution in [0.2, 0.25) is 0 Å². The number of ketones is 1. The molecule has 3 aromatic carbocycles. The predicted octanol–water partition coefficient (Wildman–Crippen LogP) is 5.57. The number of benzene rings is 3. The molecule has 0 aliphatic rings. The molecule has 0 atom stereocenters. The minimum Gasteiger partial charge on any atom is -0.378 e. The van der Waals surface area contributed by atoms with Gasteiger partial charge in [0.1, 0.15) is 5.01 Å². The summed E-state index contributed by atoms with van der Waals surface area (Å²) in [5.41, 5.74) is 5.02. The summed E-state index contributed by atoms with van der Waals surface area (Å²) >= 11 is 1.70. The van der Waals surface area contributed by atoms with E-state index in [1.54, 1.807) is 11.3 Å². The monoisotopic (exact) mass is 358 g/mol. The third kappa shape index (κ3) is 3.51. The topological polar surface area (TPSA) is 42.0 Å². The Morgan fingerprint density at radius 3 is 2.54 bits per heavy atom. The number of anilines is 1. The highest BCUT2D eigenvalue weighted by Crippen LogP contribution is 2.31. The van der Waals surface area contributed by atoms with E-state index >= 15 is 0 Å². The smallest absolute Gasteiger partial charge is 0.181 e. The first kappa shape index (κ1) is 16.5. The van der Waals surface area contributed by atoms with Crippen molar-refractivity contribution in [2.45, 2.75) is 6.92 Å². The molecule has 0 aliphatic heterocycles. The first-order valence-corrected chi connectivity index (χ1v) is 9.30. The molecule has 0 unspecified atom stereocenters. The zero-order valence-electron chi connectivity index (χ0n) is 14.4. The van der Waals surface area contributed by atoms with Crippen molar-refractivity contribution in [1.82, 2.24) is 4.98 Å². The van der Waals surface area contributed by atoms with Crippen molar-refractivity contribution in [2.24, 2.45) is 0 Å². The summed E-state index contributed by atoms with van der Waals surface area (Å²) in [4.78, 5) is 16.9. The number of carbonyl (C=O) groups excluding carboxylic acids is 1. The van der Waals surface area contributed by atoms with Gasteiger partial charge in [-0.3, -0.25) is 4.79 Å². The first-order chi connectivity index (χ1) is 12.7. The number of aromatic nitrogens is 1. The third-order valence-electron chi connectivity index (χ3n) is 4.22. The van der Waals surface area contributed by atoms with Gasteiger partial charge in [-0.1, -0.05) is 36.4 Å². The van der Waals surface area contributed by atoms with Gasteiger partial charge >= 0.3 is 0 Å². The lowest BCUT2D eigenvalue weighted by Gasteiger charge is -2.06. The van der Waals surface area contributed by atoms with Gasteiger partial charge in [0.2, 0.25) is 0 Å². The molecule has 0 saturated heterocycles. The zero-order chi connectivity index (χ0) is 17.9. The second-order valence-electron chi connectivity index (χ2n) is 6.21. The Morgan fingerprint density at radius 1 is 1.00 bits per heavy atom. The van der Waals surface area contributed by atoms with Gasteiger partial charge in [-0.25, -0.2) is 4.98 Å². The average Bonchev–Trinajstić information content (AvgIpc) is 3.10. The molecular formula is C22H18N2OS. The van der Waals surface area contributed by atoms with Crippen LogP contribution in [0.4, 0.5) is 5.69 Å². The number of nitrogens with one attached hydrogen (secondary N) is 1. The molecule has 1 heterocycles. The predicted molar refractivity (Wildman–Crippen MR) is 109 cm³/mol. The highest BCUT2D eigenvalue weighted by atomic mass is 32.1. The molecule has 4 heteroatoms. The molecule has 0 fully saturated rings. The van der Waals surface area contributed by atoms with E-state index in [0.29, 0.717) is 0 Å². The van der Waals surface area contributed by atoms with E-state index in [-0.39, 0.29) is 12.3 Å². The molecular weight excluding hydrogens is 340 g/mol. The molecule has 0 bridgehead atoms. The number of hydrogen-bond donors (Lipinski definition) is 1. The number of thiazole rings is 1. The maximum Gasteiger partial charge on any atom is 0.181 e. The highest BCUT2D eigenvalue weighted by Gasteiger charge is 2.08. The van der Waals surface area contributed by atoms with Crippen molar-refractivity contribution in [3.8, 4) is 10.6 Å². The number of Topliss-reactive ketones (excluding diaryl/α,β-unsaturated/α-hetero) is 1. The summed E-state index contributed by atoms with van der Waals surface area (Å²) in [5, 5.41) is 4.20. The van der Waals surface area contributed by atoms with Gasteiger partial charge in [-0.05, 0) is 48.9 Å². The van der Waals surface area contributed by atoms with Gasteiger partial charge in [0.25, 0.3) is 0 Å². The van der Waals surface area contributed by atoms with Crippen LogP contribution in [0.25, 0.3) is 20.8 Å². The molecule has 4 aromatic rings. The molecule has 128 valence electrons. The van der Waals surface area contributed by atoms with Crippen molar-refractivity contribution in [3.05, 3.63) is 83.9 Å². The van der Waals surface area contributed by atoms with Crippen molar-refractivity contribution in [2.75, 3.05) is 11.9 Å². The summed E-state index contributed by atoms with van der Waals surface area (Å²) in [6.07, 6.45) is 0. The number of aryl methyl sites for hydroxylation is 1. The van der Waals surface area contributed by atoms with Gasteiger partial charge in [0.05, 0.1) is 16.8 Å². The standard InChI is InChI=1S/C22H18N2OS/c1-15-7-12-19-21(13-15)26-22(24-19)17-8-10-18(11-9-17)23-14-20(25)16-5-3-2-4-6-16/h2-13,23H,14H2,1H3. The number of carbonyl (C=O) groups is 1. The lowest BCUT2D eigenvalue weighted by molar-refractivity contribution is 0.101. The van der Waals surface area contributed by atoms with Crippen molar-refractivity contribution >= 4 is 33.0 Å². The van der Waals surface area contributed by atoms with E-state index in [1.165, 1.54) is 10.3 Å². The number of hydrogen-bond acceptors (Lipinski definition) is 4. The van der Waals surface area contributed by atoms with Crippen LogP contribution >= 0.6 is 11.3 Å². The van der Waals surface area contributed by atoms with Gasteiger partial charge < -0.3 is 5.32 Å². The Labute approximate surface area is 156 Å². The Kier molecular flexibility index (Phi) is 4.50. The van der Waals surface area contributed by atoms with Crippen molar-refractivity contribution < 1.29 is 4.79 Å². The maximum absolute atomic E-state index is 12.2. The highest BCUT2D eigenvalue weighted by molar-refractivity contribution is 7.21. The number of nitrogens with zero attached hydrogens (tertiary/aromatic N) is 1. The van der Waals surface area contributed by atoms with Crippen LogP contribution in [0.3, 0.4) is 0 Å². The third-order valence-corrected chi connectivity index (χ3v) is 5.29. The molecule has 0 radical (unpaired) electrons. The fourth-order valence-electron chi connectivity index (χ4n) is 2.79. The quantitative estimate of drug-likeness (QED) is 0.474. The molecule has 0 spiro atoms. The molecule has 0 saturated carbocycles. The van der Waals surface area contributed by atoms with Crippen LogP contribution in [-0.4, -0.2) is 17.3 Å².